The Hall–Kier alpha value is -2.60. The van der Waals surface area contributed by atoms with Crippen LogP contribution in [0.25, 0.3) is 17.2 Å². The summed E-state index contributed by atoms with van der Waals surface area (Å²) >= 11 is 1.54. The van der Waals surface area contributed by atoms with Crippen LogP contribution in [0.15, 0.2) is 41.6 Å². The van der Waals surface area contributed by atoms with Crippen LogP contribution in [0.3, 0.4) is 0 Å². The number of nitrogens with zero attached hydrogens (tertiary/aromatic N) is 6. The van der Waals surface area contributed by atoms with Gasteiger partial charge in [0.1, 0.15) is 5.82 Å². The van der Waals surface area contributed by atoms with Gasteiger partial charge in [-0.2, -0.15) is 0 Å². The number of aromatic nitrogens is 4. The van der Waals surface area contributed by atoms with E-state index in [0.717, 1.165) is 11.0 Å². The highest BCUT2D eigenvalue weighted by Gasteiger charge is 2.33. The molecule has 0 radical (unpaired) electrons. The van der Waals surface area contributed by atoms with Crippen LogP contribution in [0.4, 0.5) is 9.18 Å². The monoisotopic (exact) mass is 619 g/mol. The average Bonchev–Trinajstić information content (AvgIpc) is 3.40. The van der Waals surface area contributed by atoms with Crippen LogP contribution in [0.5, 0.6) is 0 Å². The fraction of sp³-hybridized carbons (Fsp3) is 0.450. The predicted molar refractivity (Wildman–Crippen MR) is 130 cm³/mol. The first-order valence-corrected chi connectivity index (χ1v) is 13.6. The van der Waals surface area contributed by atoms with E-state index in [1.54, 1.807) is 20.8 Å². The van der Waals surface area contributed by atoms with Crippen LogP contribution in [0.1, 0.15) is 33.6 Å². The van der Waals surface area contributed by atoms with E-state index in [9.17, 15) is 22.7 Å². The van der Waals surface area contributed by atoms with Crippen molar-refractivity contribution in [2.75, 3.05) is 13.1 Å². The van der Waals surface area contributed by atoms with Crippen LogP contribution in [0, 0.1) is 5.82 Å². The number of hydrogen-bond donors (Lipinski definition) is 0. The number of carbonyl (C=O) groups excluding carboxylic acids is 1. The molecule has 13 nitrogen and oxygen atoms in total. The van der Waals surface area contributed by atoms with Gasteiger partial charge < -0.3 is 9.39 Å². The van der Waals surface area contributed by atoms with Crippen LogP contribution < -0.4 is 5.76 Å². The second-order valence-electron chi connectivity index (χ2n) is 8.93. The Morgan fingerprint density at radius 2 is 2.11 bits per heavy atom. The summed E-state index contributed by atoms with van der Waals surface area (Å²) in [6.07, 6.45) is 0.366. The van der Waals surface area contributed by atoms with Gasteiger partial charge in [0.25, 0.3) is 0 Å². The van der Waals surface area contributed by atoms with Crippen molar-refractivity contribution in [3.8, 4) is 17.2 Å². The number of carbonyl (C=O) groups is 1. The van der Waals surface area contributed by atoms with Crippen molar-refractivity contribution in [2.24, 2.45) is 0 Å². The van der Waals surface area contributed by atoms with E-state index in [1.165, 1.54) is 35.0 Å². The second kappa shape index (κ2) is 11.0. The van der Waals surface area contributed by atoms with Crippen LogP contribution in [-0.2, 0) is 16.1 Å². The molecular weight excluding hydrogens is 599 g/mol. The molecule has 1 saturated heterocycles. The molecule has 1 aliphatic rings. The number of benzene rings is 1. The third-order valence-corrected chi connectivity index (χ3v) is 8.00. The van der Waals surface area contributed by atoms with E-state index in [0.29, 0.717) is 22.3 Å². The topological polar surface area (TPSA) is 160 Å². The summed E-state index contributed by atoms with van der Waals surface area (Å²) in [7, 11) is 0. The Bertz CT molecular complexity index is 1370. The molecule has 0 saturated carbocycles. The molecule has 200 valence electrons. The highest BCUT2D eigenvalue weighted by molar-refractivity contribution is 9.10. The van der Waals surface area contributed by atoms with Crippen LogP contribution >= 0.6 is 27.7 Å². The molecule has 0 spiro atoms. The third kappa shape index (κ3) is 6.11. The lowest BCUT2D eigenvalue weighted by molar-refractivity contribution is -0.119. The van der Waals surface area contributed by atoms with Crippen molar-refractivity contribution in [1.29, 1.82) is 0 Å². The molecule has 0 N–H and O–H groups in total. The van der Waals surface area contributed by atoms with Gasteiger partial charge >= 0.3 is 11.8 Å². The van der Waals surface area contributed by atoms with Crippen molar-refractivity contribution >= 4 is 45.1 Å². The first-order valence-electron chi connectivity index (χ1n) is 10.9. The molecule has 2 aromatic heterocycles. The minimum atomic E-state index is -2.81. The van der Waals surface area contributed by atoms with Crippen molar-refractivity contribution in [3.63, 3.8) is 0 Å². The molecular formula is C20H21BrFN6O7S2-. The first-order chi connectivity index (χ1) is 17.5. The number of amides is 1. The maximum absolute atomic E-state index is 13.7. The molecule has 1 fully saturated rings. The number of thioether (sulfide) groups is 1. The van der Waals surface area contributed by atoms with Crippen LogP contribution in [-0.4, -0.2) is 68.1 Å². The van der Waals surface area contributed by atoms with Gasteiger partial charge in [0.05, 0.1) is 27.0 Å². The van der Waals surface area contributed by atoms with Gasteiger partial charge in [-0.15, -0.1) is 5.06 Å². The molecule has 4 rings (SSSR count). The Labute approximate surface area is 224 Å². The van der Waals surface area contributed by atoms with Crippen molar-refractivity contribution in [3.05, 3.63) is 39.0 Å². The quantitative estimate of drug-likeness (QED) is 0.371. The minimum Gasteiger partial charge on any atom is -0.755 e. The zero-order chi connectivity index (χ0) is 26.9. The van der Waals surface area contributed by atoms with E-state index >= 15 is 0 Å². The molecule has 3 heterocycles. The SMILES string of the molecule is CC(C)(C)N(C(=O)ON1CCC[C@H](Sc2nonc2-c2noc(=O)n2-c2ccc(F)c(Br)c2)C1)S(=O)[O-]. The van der Waals surface area contributed by atoms with E-state index in [-0.39, 0.29) is 33.5 Å². The summed E-state index contributed by atoms with van der Waals surface area (Å²) < 4.78 is 48.4. The zero-order valence-electron chi connectivity index (χ0n) is 19.8. The molecule has 2 atom stereocenters. The maximum Gasteiger partial charge on any atom is 0.446 e. The van der Waals surface area contributed by atoms with E-state index < -0.39 is 34.5 Å². The molecule has 17 heteroatoms. The molecule has 1 unspecified atom stereocenters. The molecule has 3 aromatic rings. The second-order valence-corrected chi connectivity index (χ2v) is 11.9. The van der Waals surface area contributed by atoms with Gasteiger partial charge in [-0.1, -0.05) is 16.9 Å². The standard InChI is InChI=1S/C20H22BrFN6O7S2/c1-20(2,3)28(37(31)32)19(30)34-26-8-4-5-12(10-26)36-17-15(23-35-25-17)16-24-33-18(29)27(16)11-6-7-14(22)13(21)9-11/h6-7,9,12H,4-5,8,10H2,1-3H3,(H,31,32)/p-1/t12-/m0/s1. The van der Waals surface area contributed by atoms with Crippen LogP contribution in [0.2, 0.25) is 0 Å². The van der Waals surface area contributed by atoms with Gasteiger partial charge in [0.2, 0.25) is 5.82 Å². The molecule has 37 heavy (non-hydrogen) atoms. The molecule has 0 bridgehead atoms. The summed E-state index contributed by atoms with van der Waals surface area (Å²) in [4.78, 5) is 30.3. The Morgan fingerprint density at radius 1 is 1.35 bits per heavy atom. The van der Waals surface area contributed by atoms with Crippen molar-refractivity contribution in [2.45, 2.75) is 49.4 Å². The highest BCUT2D eigenvalue weighted by atomic mass is 79.9. The minimum absolute atomic E-state index is 0.00472. The third-order valence-electron chi connectivity index (χ3n) is 5.19. The number of rotatable bonds is 6. The maximum atomic E-state index is 13.7. The molecule has 1 amide bonds. The smallest absolute Gasteiger partial charge is 0.446 e. The largest absolute Gasteiger partial charge is 0.755 e. The number of piperidine rings is 1. The number of hydroxylamine groups is 2. The molecule has 0 aliphatic carbocycles. The van der Waals surface area contributed by atoms with Gasteiger partial charge in [0, 0.05) is 18.3 Å². The summed E-state index contributed by atoms with van der Waals surface area (Å²) in [5, 5.41) is 13.2. The summed E-state index contributed by atoms with van der Waals surface area (Å²) in [6, 6.07) is 3.95. The lowest BCUT2D eigenvalue weighted by Crippen LogP contribution is -2.50. The van der Waals surface area contributed by atoms with Crippen molar-refractivity contribution < 1.29 is 31.9 Å². The summed E-state index contributed by atoms with van der Waals surface area (Å²) in [5.74, 6) is -1.32. The van der Waals surface area contributed by atoms with Gasteiger partial charge in [-0.25, -0.2) is 27.5 Å². The summed E-state index contributed by atoms with van der Waals surface area (Å²) in [6.45, 7) is 5.41. The Balaban J connectivity index is 1.52. The van der Waals surface area contributed by atoms with E-state index in [4.69, 9.17) is 14.0 Å². The highest BCUT2D eigenvalue weighted by Crippen LogP contribution is 2.34. The fourth-order valence-electron chi connectivity index (χ4n) is 3.59. The van der Waals surface area contributed by atoms with Gasteiger partial charge in [0.15, 0.2) is 10.7 Å². The Morgan fingerprint density at radius 3 is 2.78 bits per heavy atom. The Kier molecular flexibility index (Phi) is 8.17. The van der Waals surface area contributed by atoms with Gasteiger partial charge in [-0.05, 0) is 78.1 Å². The molecule has 1 aromatic carbocycles. The van der Waals surface area contributed by atoms with E-state index in [1.807, 2.05) is 0 Å². The summed E-state index contributed by atoms with van der Waals surface area (Å²) in [5.41, 5.74) is -0.586. The van der Waals surface area contributed by atoms with E-state index in [2.05, 4.69) is 31.4 Å². The normalized spacial score (nSPS) is 17.5. The lowest BCUT2D eigenvalue weighted by Gasteiger charge is -2.37. The first kappa shape index (κ1) is 27.4. The molecule has 1 aliphatic heterocycles. The number of halogens is 2. The van der Waals surface area contributed by atoms with Gasteiger partial charge in [-0.3, -0.25) is 8.73 Å². The van der Waals surface area contributed by atoms with Crippen molar-refractivity contribution in [1.82, 2.24) is 29.4 Å². The number of hydrogen-bond acceptors (Lipinski definition) is 12. The predicted octanol–water partition coefficient (Wildman–Crippen LogP) is 3.28. The average molecular weight is 620 g/mol. The zero-order valence-corrected chi connectivity index (χ0v) is 23.0. The lowest BCUT2D eigenvalue weighted by atomic mass is 10.1. The fourth-order valence-corrected chi connectivity index (χ4v) is 5.72.